The van der Waals surface area contributed by atoms with Crippen molar-refractivity contribution in [3.8, 4) is 11.5 Å². The Morgan fingerprint density at radius 1 is 1.25 bits per heavy atom. The smallest absolute Gasteiger partial charge is 0.161 e. The summed E-state index contributed by atoms with van der Waals surface area (Å²) in [6.45, 7) is 4.49. The zero-order valence-electron chi connectivity index (χ0n) is 9.74. The third-order valence-electron chi connectivity index (χ3n) is 2.75. The molecule has 1 heterocycles. The summed E-state index contributed by atoms with van der Waals surface area (Å²) >= 11 is 0. The first-order chi connectivity index (χ1) is 7.90. The van der Waals surface area contributed by atoms with E-state index in [9.17, 15) is 0 Å². The van der Waals surface area contributed by atoms with Crippen molar-refractivity contribution in [2.75, 3.05) is 19.8 Å². The fourth-order valence-electron chi connectivity index (χ4n) is 1.93. The van der Waals surface area contributed by atoms with Gasteiger partial charge in [-0.2, -0.15) is 0 Å². The Morgan fingerprint density at radius 2 is 2.00 bits per heavy atom. The first kappa shape index (κ1) is 11.3. The minimum Gasteiger partial charge on any atom is -0.490 e. The third kappa shape index (κ3) is 2.89. The van der Waals surface area contributed by atoms with Crippen LogP contribution < -0.4 is 14.8 Å². The molecule has 1 aromatic carbocycles. The normalized spacial score (nSPS) is 19.7. The van der Waals surface area contributed by atoms with E-state index in [4.69, 9.17) is 9.47 Å². The van der Waals surface area contributed by atoms with Gasteiger partial charge in [0.15, 0.2) is 11.5 Å². The zero-order valence-corrected chi connectivity index (χ0v) is 9.74. The lowest BCUT2D eigenvalue weighted by Gasteiger charge is -2.14. The number of hydrogen-bond acceptors (Lipinski definition) is 3. The van der Waals surface area contributed by atoms with Gasteiger partial charge < -0.3 is 14.8 Å². The van der Waals surface area contributed by atoms with Crippen molar-refractivity contribution in [2.45, 2.75) is 25.8 Å². The first-order valence-corrected chi connectivity index (χ1v) is 5.98. The first-order valence-electron chi connectivity index (χ1n) is 5.98. The monoisotopic (exact) mass is 221 g/mol. The van der Waals surface area contributed by atoms with Crippen LogP contribution in [0.5, 0.6) is 11.5 Å². The minimum atomic E-state index is 0.495. The van der Waals surface area contributed by atoms with Crippen LogP contribution in [0.15, 0.2) is 24.3 Å². The fraction of sp³-hybridized carbons (Fsp3) is 0.538. The second kappa shape index (κ2) is 5.75. The van der Waals surface area contributed by atoms with Crippen LogP contribution in [-0.2, 0) is 0 Å². The molecule has 0 radical (unpaired) electrons. The number of rotatable bonds is 5. The Hall–Kier alpha value is -1.22. The maximum absolute atomic E-state index is 5.79. The standard InChI is InChI=1S/C13H19NO2/c1-2-15-12-7-3-4-8-13(12)16-10-11-6-5-9-14-11/h3-4,7-8,11,14H,2,5-6,9-10H2,1H3/t11-/m1/s1. The molecular formula is C13H19NO2. The van der Waals surface area contributed by atoms with E-state index >= 15 is 0 Å². The van der Waals surface area contributed by atoms with E-state index in [0.29, 0.717) is 12.6 Å². The highest BCUT2D eigenvalue weighted by Gasteiger charge is 2.15. The summed E-state index contributed by atoms with van der Waals surface area (Å²) in [6.07, 6.45) is 2.46. The van der Waals surface area contributed by atoms with E-state index in [-0.39, 0.29) is 0 Å². The average Bonchev–Trinajstić information content (AvgIpc) is 2.81. The molecule has 1 atom stereocenters. The summed E-state index contributed by atoms with van der Waals surface area (Å²) in [5, 5.41) is 3.41. The highest BCUT2D eigenvalue weighted by Crippen LogP contribution is 2.26. The van der Waals surface area contributed by atoms with Crippen molar-refractivity contribution in [3.05, 3.63) is 24.3 Å². The van der Waals surface area contributed by atoms with Gasteiger partial charge >= 0.3 is 0 Å². The van der Waals surface area contributed by atoms with Crippen LogP contribution in [0.3, 0.4) is 0 Å². The molecule has 0 saturated carbocycles. The lowest BCUT2D eigenvalue weighted by atomic mass is 10.2. The van der Waals surface area contributed by atoms with Gasteiger partial charge in [-0.05, 0) is 38.4 Å². The van der Waals surface area contributed by atoms with E-state index in [2.05, 4.69) is 5.32 Å². The Bertz CT molecular complexity index is 321. The largest absolute Gasteiger partial charge is 0.490 e. The van der Waals surface area contributed by atoms with Crippen LogP contribution in [-0.4, -0.2) is 25.8 Å². The van der Waals surface area contributed by atoms with Crippen molar-refractivity contribution in [3.63, 3.8) is 0 Å². The van der Waals surface area contributed by atoms with Gasteiger partial charge in [0.25, 0.3) is 0 Å². The summed E-state index contributed by atoms with van der Waals surface area (Å²) < 4.78 is 11.3. The van der Waals surface area contributed by atoms with Crippen LogP contribution >= 0.6 is 0 Å². The average molecular weight is 221 g/mol. The summed E-state index contributed by atoms with van der Waals surface area (Å²) in [5.74, 6) is 1.68. The molecule has 1 saturated heterocycles. The molecule has 0 aromatic heterocycles. The van der Waals surface area contributed by atoms with Gasteiger partial charge in [0.2, 0.25) is 0 Å². The summed E-state index contributed by atoms with van der Waals surface area (Å²) in [6, 6.07) is 8.33. The maximum atomic E-state index is 5.79. The topological polar surface area (TPSA) is 30.5 Å². The van der Waals surface area contributed by atoms with E-state index < -0.39 is 0 Å². The summed E-state index contributed by atoms with van der Waals surface area (Å²) in [7, 11) is 0. The molecule has 88 valence electrons. The van der Waals surface area contributed by atoms with E-state index in [1.54, 1.807) is 0 Å². The van der Waals surface area contributed by atoms with Gasteiger partial charge in [0.05, 0.1) is 6.61 Å². The number of ether oxygens (including phenoxy) is 2. The lowest BCUT2D eigenvalue weighted by molar-refractivity contribution is 0.253. The highest BCUT2D eigenvalue weighted by atomic mass is 16.5. The van der Waals surface area contributed by atoms with Gasteiger partial charge in [-0.1, -0.05) is 12.1 Å². The predicted molar refractivity (Wildman–Crippen MR) is 64.1 cm³/mol. The number of para-hydroxylation sites is 2. The molecule has 0 spiro atoms. The lowest BCUT2D eigenvalue weighted by Crippen LogP contribution is -2.28. The molecule has 1 N–H and O–H groups in total. The Kier molecular flexibility index (Phi) is 4.05. The Morgan fingerprint density at radius 3 is 2.62 bits per heavy atom. The van der Waals surface area contributed by atoms with Crippen molar-refractivity contribution >= 4 is 0 Å². The molecule has 3 heteroatoms. The molecule has 0 bridgehead atoms. The Balaban J connectivity index is 1.91. The maximum Gasteiger partial charge on any atom is 0.161 e. The van der Waals surface area contributed by atoms with E-state index in [0.717, 1.165) is 24.7 Å². The molecule has 0 aliphatic carbocycles. The molecule has 3 nitrogen and oxygen atoms in total. The zero-order chi connectivity index (χ0) is 11.2. The van der Waals surface area contributed by atoms with Crippen LogP contribution in [0.4, 0.5) is 0 Å². The molecule has 0 unspecified atom stereocenters. The fourth-order valence-corrected chi connectivity index (χ4v) is 1.93. The van der Waals surface area contributed by atoms with Crippen molar-refractivity contribution < 1.29 is 9.47 Å². The quantitative estimate of drug-likeness (QED) is 0.827. The second-order valence-electron chi connectivity index (χ2n) is 3.98. The summed E-state index contributed by atoms with van der Waals surface area (Å²) in [5.41, 5.74) is 0. The van der Waals surface area contributed by atoms with Gasteiger partial charge in [0.1, 0.15) is 6.61 Å². The van der Waals surface area contributed by atoms with Gasteiger partial charge in [-0.3, -0.25) is 0 Å². The van der Waals surface area contributed by atoms with Gasteiger partial charge in [0, 0.05) is 6.04 Å². The number of nitrogens with one attached hydrogen (secondary N) is 1. The molecular weight excluding hydrogens is 202 g/mol. The minimum absolute atomic E-state index is 0.495. The third-order valence-corrected chi connectivity index (χ3v) is 2.75. The number of hydrogen-bond donors (Lipinski definition) is 1. The van der Waals surface area contributed by atoms with E-state index in [1.807, 2.05) is 31.2 Å². The SMILES string of the molecule is CCOc1ccccc1OC[C@H]1CCCN1. The van der Waals surface area contributed by atoms with Crippen LogP contribution in [0.1, 0.15) is 19.8 Å². The molecule has 1 aliphatic heterocycles. The molecule has 1 aliphatic rings. The van der Waals surface area contributed by atoms with Crippen LogP contribution in [0, 0.1) is 0 Å². The number of benzene rings is 1. The predicted octanol–water partition coefficient (Wildman–Crippen LogP) is 2.22. The summed E-state index contributed by atoms with van der Waals surface area (Å²) in [4.78, 5) is 0. The van der Waals surface area contributed by atoms with Crippen molar-refractivity contribution in [1.82, 2.24) is 5.32 Å². The van der Waals surface area contributed by atoms with Crippen molar-refractivity contribution in [2.24, 2.45) is 0 Å². The highest BCUT2D eigenvalue weighted by molar-refractivity contribution is 5.39. The van der Waals surface area contributed by atoms with Crippen LogP contribution in [0.25, 0.3) is 0 Å². The molecule has 16 heavy (non-hydrogen) atoms. The van der Waals surface area contributed by atoms with Gasteiger partial charge in [-0.15, -0.1) is 0 Å². The van der Waals surface area contributed by atoms with Gasteiger partial charge in [-0.25, -0.2) is 0 Å². The molecule has 1 aromatic rings. The molecule has 2 rings (SSSR count). The Labute approximate surface area is 96.8 Å². The van der Waals surface area contributed by atoms with Crippen LogP contribution in [0.2, 0.25) is 0 Å². The molecule has 1 fully saturated rings. The second-order valence-corrected chi connectivity index (χ2v) is 3.98. The van der Waals surface area contributed by atoms with E-state index in [1.165, 1.54) is 12.8 Å². The van der Waals surface area contributed by atoms with Crippen molar-refractivity contribution in [1.29, 1.82) is 0 Å². The molecule has 0 amide bonds.